The number of carboxylic acid groups (broad SMARTS) is 1. The molecule has 0 radical (unpaired) electrons. The van der Waals surface area contributed by atoms with Crippen molar-refractivity contribution in [2.24, 2.45) is 11.8 Å². The Morgan fingerprint density at radius 1 is 1.07 bits per heavy atom. The molecule has 2 fully saturated rings. The maximum absolute atomic E-state index is 15.1. The molecule has 0 bridgehead atoms. The molecule has 6 nitrogen and oxygen atoms in total. The largest absolute Gasteiger partial charge is 0.485 e. The van der Waals surface area contributed by atoms with E-state index in [9.17, 15) is 9.90 Å². The maximum Gasteiger partial charge on any atom is 0.306 e. The highest BCUT2D eigenvalue weighted by molar-refractivity contribution is 5.71. The minimum atomic E-state index is -0.743. The van der Waals surface area contributed by atoms with E-state index in [2.05, 4.69) is 40.2 Å². The fourth-order valence-electron chi connectivity index (χ4n) is 7.05. The van der Waals surface area contributed by atoms with Crippen LogP contribution in [0.3, 0.4) is 0 Å². The molecule has 1 saturated carbocycles. The molecule has 2 aromatic carbocycles. The molecule has 1 N–H and O–H groups in total. The number of pyridine rings is 1. The molecule has 2 aliphatic heterocycles. The summed E-state index contributed by atoms with van der Waals surface area (Å²) in [4.78, 5) is 18.5. The fourth-order valence-corrected chi connectivity index (χ4v) is 7.05. The summed E-state index contributed by atoms with van der Waals surface area (Å²) in [6.07, 6.45) is 9.79. The minimum Gasteiger partial charge on any atom is -0.485 e. The van der Waals surface area contributed by atoms with E-state index in [1.54, 1.807) is 13.2 Å². The number of nitrogens with zero attached hydrogens (tertiary/aromatic N) is 2. The summed E-state index contributed by atoms with van der Waals surface area (Å²) in [5.41, 5.74) is 5.74. The van der Waals surface area contributed by atoms with Crippen LogP contribution in [0.2, 0.25) is 0 Å². The van der Waals surface area contributed by atoms with E-state index < -0.39 is 11.9 Å². The van der Waals surface area contributed by atoms with Crippen molar-refractivity contribution in [2.75, 3.05) is 20.2 Å². The number of fused-ring (bicyclic) bond motifs is 1. The van der Waals surface area contributed by atoms with Gasteiger partial charge in [-0.25, -0.2) is 9.37 Å². The number of aromatic nitrogens is 1. The number of carboxylic acids is 1. The summed E-state index contributed by atoms with van der Waals surface area (Å²) < 4.78 is 27.1. The molecule has 7 heteroatoms. The standard InChI is InChI=1S/C35H41FN2O4/c1-22(35(39)40)34(24-7-6-8-24)26-10-9-23-12-14-31(42-32(23)18-26)25-11-13-28(29-19-33(41-2)37-20-30(29)36)27(17-25)21-38-15-4-3-5-16-38/h9-11,13,17-20,22,24,31,34H,3-8,12,14-16,21H2,1-2H3,(H,39,40)/t22-,31?,34-/m0/s1. The summed E-state index contributed by atoms with van der Waals surface area (Å²) in [6.45, 7) is 4.66. The summed E-state index contributed by atoms with van der Waals surface area (Å²) in [5.74, 6) is 0.101. The molecule has 1 aliphatic carbocycles. The third kappa shape index (κ3) is 5.89. The van der Waals surface area contributed by atoms with Gasteiger partial charge >= 0.3 is 5.97 Å². The Morgan fingerprint density at radius 2 is 1.88 bits per heavy atom. The zero-order valence-electron chi connectivity index (χ0n) is 24.7. The molecule has 3 heterocycles. The number of carbonyl (C=O) groups is 1. The minimum absolute atomic E-state index is 0.00629. The first-order valence-corrected chi connectivity index (χ1v) is 15.5. The third-order valence-corrected chi connectivity index (χ3v) is 9.68. The summed E-state index contributed by atoms with van der Waals surface area (Å²) in [6, 6.07) is 14.3. The van der Waals surface area contributed by atoms with Gasteiger partial charge in [0.05, 0.1) is 19.2 Å². The predicted octanol–water partition coefficient (Wildman–Crippen LogP) is 7.55. The second-order valence-electron chi connectivity index (χ2n) is 12.3. The van der Waals surface area contributed by atoms with Gasteiger partial charge in [-0.15, -0.1) is 0 Å². The number of hydrogen-bond acceptors (Lipinski definition) is 5. The van der Waals surface area contributed by atoms with E-state index in [1.165, 1.54) is 37.4 Å². The van der Waals surface area contributed by atoms with Crippen molar-refractivity contribution >= 4 is 5.97 Å². The SMILES string of the molecule is COc1cc(-c2ccc(C3CCc4ccc([C@H](C5CCC5)[C@H](C)C(=O)O)cc4O3)cc2CN2CCCCC2)c(F)cn1. The van der Waals surface area contributed by atoms with Crippen LogP contribution in [0.25, 0.3) is 11.1 Å². The lowest BCUT2D eigenvalue weighted by atomic mass is 9.68. The van der Waals surface area contributed by atoms with Crippen LogP contribution in [-0.4, -0.2) is 41.2 Å². The van der Waals surface area contributed by atoms with Crippen LogP contribution in [0.4, 0.5) is 4.39 Å². The van der Waals surface area contributed by atoms with Gasteiger partial charge in [-0.3, -0.25) is 9.69 Å². The van der Waals surface area contributed by atoms with E-state index in [0.717, 1.165) is 73.3 Å². The fraction of sp³-hybridized carbons (Fsp3) is 0.486. The number of hydrogen-bond donors (Lipinski definition) is 1. The first-order valence-electron chi connectivity index (χ1n) is 15.5. The summed E-state index contributed by atoms with van der Waals surface area (Å²) >= 11 is 0. The normalized spacial score (nSPS) is 20.6. The second kappa shape index (κ2) is 12.4. The Labute approximate surface area is 247 Å². The second-order valence-corrected chi connectivity index (χ2v) is 12.3. The van der Waals surface area contributed by atoms with E-state index in [1.807, 2.05) is 13.0 Å². The number of benzene rings is 2. The van der Waals surface area contributed by atoms with Crippen LogP contribution in [0, 0.1) is 17.7 Å². The highest BCUT2D eigenvalue weighted by atomic mass is 19.1. The third-order valence-electron chi connectivity index (χ3n) is 9.68. The van der Waals surface area contributed by atoms with Crippen LogP contribution in [-0.2, 0) is 17.8 Å². The van der Waals surface area contributed by atoms with Gasteiger partial charge in [-0.2, -0.15) is 0 Å². The van der Waals surface area contributed by atoms with Crippen LogP contribution in [0.5, 0.6) is 11.6 Å². The number of ether oxygens (including phenoxy) is 2. The quantitative estimate of drug-likeness (QED) is 0.285. The Kier molecular flexibility index (Phi) is 8.48. The molecule has 0 amide bonds. The zero-order valence-corrected chi connectivity index (χ0v) is 24.7. The molecule has 42 heavy (non-hydrogen) atoms. The van der Waals surface area contributed by atoms with E-state index in [0.29, 0.717) is 17.4 Å². The number of piperidine rings is 1. The van der Waals surface area contributed by atoms with Crippen LogP contribution < -0.4 is 9.47 Å². The zero-order chi connectivity index (χ0) is 29.2. The van der Waals surface area contributed by atoms with Gasteiger partial charge in [0, 0.05) is 18.2 Å². The van der Waals surface area contributed by atoms with Gasteiger partial charge in [-0.05, 0) is 97.3 Å². The Hall–Kier alpha value is -3.45. The van der Waals surface area contributed by atoms with Crippen molar-refractivity contribution < 1.29 is 23.8 Å². The lowest BCUT2D eigenvalue weighted by Gasteiger charge is -2.37. The molecule has 3 aliphatic rings. The number of aliphatic carboxylic acids is 1. The van der Waals surface area contributed by atoms with Gasteiger partial charge in [0.15, 0.2) is 0 Å². The number of halogens is 1. The number of methoxy groups -OCH3 is 1. The highest BCUT2D eigenvalue weighted by Gasteiger charge is 2.36. The lowest BCUT2D eigenvalue weighted by molar-refractivity contribution is -0.142. The first-order chi connectivity index (χ1) is 20.4. The number of rotatable bonds is 9. The molecule has 3 aromatic rings. The molecular formula is C35H41FN2O4. The topological polar surface area (TPSA) is 71.9 Å². The number of likely N-dealkylation sites (tertiary alicyclic amines) is 1. The maximum atomic E-state index is 15.1. The van der Waals surface area contributed by atoms with Crippen LogP contribution in [0.1, 0.15) is 86.1 Å². The summed E-state index contributed by atoms with van der Waals surface area (Å²) in [7, 11) is 1.54. The van der Waals surface area contributed by atoms with E-state index in [4.69, 9.17) is 9.47 Å². The highest BCUT2D eigenvalue weighted by Crippen LogP contribution is 2.46. The van der Waals surface area contributed by atoms with Crippen LogP contribution >= 0.6 is 0 Å². The van der Waals surface area contributed by atoms with E-state index in [-0.39, 0.29) is 17.8 Å². The molecule has 1 saturated heterocycles. The average molecular weight is 573 g/mol. The molecule has 1 unspecified atom stereocenters. The molecule has 0 spiro atoms. The lowest BCUT2D eigenvalue weighted by Crippen LogP contribution is -2.30. The number of aryl methyl sites for hydroxylation is 1. The van der Waals surface area contributed by atoms with Crippen molar-refractivity contribution in [3.63, 3.8) is 0 Å². The van der Waals surface area contributed by atoms with Crippen molar-refractivity contribution in [3.05, 3.63) is 76.7 Å². The van der Waals surface area contributed by atoms with Gasteiger partial charge < -0.3 is 14.6 Å². The Morgan fingerprint density at radius 3 is 2.60 bits per heavy atom. The van der Waals surface area contributed by atoms with E-state index >= 15 is 4.39 Å². The smallest absolute Gasteiger partial charge is 0.306 e. The van der Waals surface area contributed by atoms with Crippen molar-refractivity contribution in [3.8, 4) is 22.8 Å². The van der Waals surface area contributed by atoms with Crippen molar-refractivity contribution in [2.45, 2.75) is 76.9 Å². The monoisotopic (exact) mass is 572 g/mol. The van der Waals surface area contributed by atoms with Crippen LogP contribution in [0.15, 0.2) is 48.7 Å². The molecule has 222 valence electrons. The summed E-state index contributed by atoms with van der Waals surface area (Å²) in [5, 5.41) is 9.84. The van der Waals surface area contributed by atoms with Gasteiger partial charge in [0.1, 0.15) is 17.7 Å². The first kappa shape index (κ1) is 28.7. The van der Waals surface area contributed by atoms with Gasteiger partial charge in [0.25, 0.3) is 0 Å². The molecule has 3 atom stereocenters. The Bertz CT molecular complexity index is 1430. The average Bonchev–Trinajstić information content (AvgIpc) is 2.99. The molecule has 6 rings (SSSR count). The van der Waals surface area contributed by atoms with Gasteiger partial charge in [0.2, 0.25) is 5.88 Å². The molecule has 1 aromatic heterocycles. The van der Waals surface area contributed by atoms with Crippen molar-refractivity contribution in [1.29, 1.82) is 0 Å². The van der Waals surface area contributed by atoms with Crippen molar-refractivity contribution in [1.82, 2.24) is 9.88 Å². The molecular weight excluding hydrogens is 531 g/mol. The Balaban J connectivity index is 1.31. The predicted molar refractivity (Wildman–Crippen MR) is 160 cm³/mol. The van der Waals surface area contributed by atoms with Gasteiger partial charge in [-0.1, -0.05) is 50.1 Å².